The van der Waals surface area contributed by atoms with Crippen LogP contribution in [0, 0.1) is 6.92 Å². The molecule has 0 saturated heterocycles. The third kappa shape index (κ3) is 4.61. The largest absolute Gasteiger partial charge is 0.474 e. The van der Waals surface area contributed by atoms with Crippen molar-refractivity contribution in [1.82, 2.24) is 23.7 Å². The van der Waals surface area contributed by atoms with Crippen molar-refractivity contribution in [2.75, 3.05) is 0 Å². The van der Waals surface area contributed by atoms with Crippen LogP contribution in [0.2, 0.25) is 0 Å². The van der Waals surface area contributed by atoms with Crippen LogP contribution in [0.25, 0.3) is 22.6 Å². The predicted molar refractivity (Wildman–Crippen MR) is 145 cm³/mol. The molecule has 194 valence electrons. The van der Waals surface area contributed by atoms with E-state index in [-0.39, 0.29) is 23.4 Å². The minimum atomic E-state index is -0.302. The molecule has 1 atom stereocenters. The fourth-order valence-corrected chi connectivity index (χ4v) is 4.88. The number of rotatable bonds is 9. The Morgan fingerprint density at radius 3 is 2.41 bits per heavy atom. The lowest BCUT2D eigenvalue weighted by atomic mass is 9.96. The van der Waals surface area contributed by atoms with Crippen molar-refractivity contribution >= 4 is 11.2 Å². The molecule has 0 spiro atoms. The molecule has 0 radical (unpaired) electrons. The highest BCUT2D eigenvalue weighted by Crippen LogP contribution is 2.30. The third-order valence-corrected chi connectivity index (χ3v) is 7.37. The van der Waals surface area contributed by atoms with Crippen molar-refractivity contribution in [3.63, 3.8) is 0 Å². The van der Waals surface area contributed by atoms with Gasteiger partial charge in [0.15, 0.2) is 11.2 Å². The number of imidazole rings is 1. The molecule has 1 aromatic carbocycles. The summed E-state index contributed by atoms with van der Waals surface area (Å²) in [5, 5.41) is 0. The van der Waals surface area contributed by atoms with Crippen LogP contribution >= 0.6 is 0 Å². The zero-order chi connectivity index (χ0) is 26.1. The van der Waals surface area contributed by atoms with Crippen LogP contribution in [0.5, 0.6) is 5.88 Å². The summed E-state index contributed by atoms with van der Waals surface area (Å²) in [6, 6.07) is 13.7. The third-order valence-electron chi connectivity index (χ3n) is 7.37. The van der Waals surface area contributed by atoms with Crippen LogP contribution in [0.4, 0.5) is 0 Å². The first-order valence-electron chi connectivity index (χ1n) is 13.4. The molecule has 1 aliphatic rings. The monoisotopic (exact) mass is 501 g/mol. The van der Waals surface area contributed by atoms with Gasteiger partial charge in [-0.05, 0) is 57.6 Å². The summed E-state index contributed by atoms with van der Waals surface area (Å²) in [7, 11) is 0. The average Bonchev–Trinajstić information content (AvgIpc) is 3.23. The Hall–Kier alpha value is -3.68. The van der Waals surface area contributed by atoms with Gasteiger partial charge in [0.1, 0.15) is 11.9 Å². The molecule has 3 heterocycles. The molecule has 0 bridgehead atoms. The van der Waals surface area contributed by atoms with Gasteiger partial charge in [-0.25, -0.2) is 14.8 Å². The first-order valence-corrected chi connectivity index (χ1v) is 13.4. The van der Waals surface area contributed by atoms with E-state index < -0.39 is 0 Å². The van der Waals surface area contributed by atoms with Crippen molar-refractivity contribution < 1.29 is 4.74 Å². The van der Waals surface area contributed by atoms with Crippen LogP contribution < -0.4 is 16.0 Å². The summed E-state index contributed by atoms with van der Waals surface area (Å²) in [6.07, 6.45) is 4.99. The van der Waals surface area contributed by atoms with Gasteiger partial charge in [-0.15, -0.1) is 0 Å². The van der Waals surface area contributed by atoms with Gasteiger partial charge < -0.3 is 9.30 Å². The molecule has 0 N–H and O–H groups in total. The van der Waals surface area contributed by atoms with Gasteiger partial charge in [0.2, 0.25) is 5.88 Å². The summed E-state index contributed by atoms with van der Waals surface area (Å²) in [5.41, 5.74) is 2.90. The maximum absolute atomic E-state index is 13.8. The predicted octanol–water partition coefficient (Wildman–Crippen LogP) is 5.09. The van der Waals surface area contributed by atoms with Crippen LogP contribution in [0.15, 0.2) is 52.1 Å². The smallest absolute Gasteiger partial charge is 0.332 e. The van der Waals surface area contributed by atoms with Gasteiger partial charge in [-0.2, -0.15) is 0 Å². The van der Waals surface area contributed by atoms with E-state index in [1.54, 1.807) is 4.57 Å². The molecule has 4 aromatic rings. The van der Waals surface area contributed by atoms with Crippen molar-refractivity contribution in [1.29, 1.82) is 0 Å². The Labute approximate surface area is 216 Å². The van der Waals surface area contributed by atoms with Crippen molar-refractivity contribution in [3.05, 3.63) is 74.6 Å². The Kier molecular flexibility index (Phi) is 7.00. The van der Waals surface area contributed by atoms with Gasteiger partial charge in [0.25, 0.3) is 5.56 Å². The number of pyridine rings is 1. The summed E-state index contributed by atoms with van der Waals surface area (Å²) in [5.74, 6) is 1.24. The van der Waals surface area contributed by atoms with Gasteiger partial charge in [-0.3, -0.25) is 13.9 Å². The molecule has 0 aliphatic heterocycles. The molecular weight excluding hydrogens is 466 g/mol. The van der Waals surface area contributed by atoms with Gasteiger partial charge in [0, 0.05) is 30.8 Å². The van der Waals surface area contributed by atoms with Gasteiger partial charge >= 0.3 is 5.69 Å². The molecule has 3 aromatic heterocycles. The first-order chi connectivity index (χ1) is 17.9. The molecule has 8 heteroatoms. The van der Waals surface area contributed by atoms with Crippen LogP contribution in [0.3, 0.4) is 0 Å². The average molecular weight is 502 g/mol. The van der Waals surface area contributed by atoms with Crippen molar-refractivity contribution in [2.45, 2.75) is 85.0 Å². The summed E-state index contributed by atoms with van der Waals surface area (Å²) >= 11 is 0. The lowest BCUT2D eigenvalue weighted by Gasteiger charge is -2.25. The number of hydrogen-bond donors (Lipinski definition) is 0. The van der Waals surface area contributed by atoms with Crippen molar-refractivity contribution in [3.8, 4) is 17.3 Å². The van der Waals surface area contributed by atoms with Gasteiger partial charge in [-0.1, -0.05) is 44.2 Å². The Morgan fingerprint density at radius 2 is 1.78 bits per heavy atom. The van der Waals surface area contributed by atoms with E-state index in [0.29, 0.717) is 42.4 Å². The SMILES string of the molecule is CCCn1c(=O)c2c(nc(-c3ccc(OC4CCC4)nc3C)n2Cc2ccccc2)n(C(C)CC)c1=O. The zero-order valence-corrected chi connectivity index (χ0v) is 22.1. The maximum Gasteiger partial charge on any atom is 0.332 e. The second-order valence-electron chi connectivity index (χ2n) is 10.00. The summed E-state index contributed by atoms with van der Waals surface area (Å²) < 4.78 is 11.0. The van der Waals surface area contributed by atoms with E-state index in [1.165, 1.54) is 11.0 Å². The van der Waals surface area contributed by atoms with Crippen LogP contribution in [0.1, 0.15) is 70.2 Å². The fraction of sp³-hybridized carbons (Fsp3) is 0.448. The molecule has 5 rings (SSSR count). The number of aromatic nitrogens is 5. The van der Waals surface area contributed by atoms with E-state index in [2.05, 4.69) is 0 Å². The maximum atomic E-state index is 13.8. The van der Waals surface area contributed by atoms with Crippen molar-refractivity contribution in [2.24, 2.45) is 0 Å². The zero-order valence-electron chi connectivity index (χ0n) is 22.1. The second kappa shape index (κ2) is 10.4. The highest BCUT2D eigenvalue weighted by molar-refractivity contribution is 5.78. The Morgan fingerprint density at radius 1 is 1.03 bits per heavy atom. The minimum Gasteiger partial charge on any atom is -0.474 e. The summed E-state index contributed by atoms with van der Waals surface area (Å²) in [6.45, 7) is 8.76. The standard InChI is InChI=1S/C29H35N5O3/c1-5-17-32-28(35)25-27(34(29(32)36)19(3)6-2)31-26(33(25)18-21-11-8-7-9-12-21)23-15-16-24(30-20(23)4)37-22-13-10-14-22/h7-9,11-12,15-16,19,22H,5-6,10,13-14,17-18H2,1-4H3. The van der Waals surface area contributed by atoms with E-state index in [1.807, 2.05) is 74.7 Å². The molecule has 37 heavy (non-hydrogen) atoms. The topological polar surface area (TPSA) is 83.9 Å². The van der Waals surface area contributed by atoms with Crippen LogP contribution in [-0.4, -0.2) is 29.8 Å². The molecule has 1 aliphatic carbocycles. The number of ether oxygens (including phenoxy) is 1. The molecule has 0 amide bonds. The Balaban J connectivity index is 1.77. The Bertz CT molecular complexity index is 1530. The minimum absolute atomic E-state index is 0.107. The summed E-state index contributed by atoms with van der Waals surface area (Å²) in [4.78, 5) is 37.0. The molecule has 8 nitrogen and oxygen atoms in total. The lowest BCUT2D eigenvalue weighted by Crippen LogP contribution is -2.41. The molecule has 1 unspecified atom stereocenters. The number of nitrogens with zero attached hydrogens (tertiary/aromatic N) is 5. The first kappa shape index (κ1) is 25.0. The van der Waals surface area contributed by atoms with E-state index >= 15 is 0 Å². The fourth-order valence-electron chi connectivity index (χ4n) is 4.88. The highest BCUT2D eigenvalue weighted by Gasteiger charge is 2.26. The highest BCUT2D eigenvalue weighted by atomic mass is 16.5. The normalized spacial score (nSPS) is 14.6. The second-order valence-corrected chi connectivity index (χ2v) is 10.00. The molecular formula is C29H35N5O3. The molecule has 1 saturated carbocycles. The van der Waals surface area contributed by atoms with Crippen LogP contribution in [-0.2, 0) is 13.1 Å². The molecule has 1 fully saturated rings. The number of fused-ring (bicyclic) bond motifs is 1. The quantitative estimate of drug-likeness (QED) is 0.319. The van der Waals surface area contributed by atoms with Gasteiger partial charge in [0.05, 0.1) is 5.69 Å². The lowest BCUT2D eigenvalue weighted by molar-refractivity contribution is 0.114. The van der Waals surface area contributed by atoms with E-state index in [0.717, 1.165) is 36.1 Å². The van der Waals surface area contributed by atoms with E-state index in [4.69, 9.17) is 14.7 Å². The number of aryl methyl sites for hydroxylation is 1. The number of hydrogen-bond acceptors (Lipinski definition) is 5. The number of benzene rings is 1. The van der Waals surface area contributed by atoms with E-state index in [9.17, 15) is 9.59 Å².